The Hall–Kier alpha value is -5.56. The summed E-state index contributed by atoms with van der Waals surface area (Å²) in [6.07, 6.45) is 12.7. The average Bonchev–Trinajstić information content (AvgIpc) is 3.92. The van der Waals surface area contributed by atoms with Gasteiger partial charge in [-0.1, -0.05) is 37.1 Å². The molecular formula is C38H42N10O6S2. The molecule has 6 heterocycles. The Morgan fingerprint density at radius 1 is 0.589 bits per heavy atom. The number of hydrogen-bond acceptors (Lipinski definition) is 10. The van der Waals surface area contributed by atoms with Gasteiger partial charge >= 0.3 is 0 Å². The van der Waals surface area contributed by atoms with E-state index in [2.05, 4.69) is 31.1 Å². The predicted octanol–water partition coefficient (Wildman–Crippen LogP) is 3.67. The van der Waals surface area contributed by atoms with Gasteiger partial charge in [0.1, 0.15) is 5.65 Å². The van der Waals surface area contributed by atoms with Crippen LogP contribution in [0, 0.1) is 0 Å². The number of piperidine rings is 2. The minimum absolute atomic E-state index is 0.199. The summed E-state index contributed by atoms with van der Waals surface area (Å²) in [5.41, 5.74) is 3.83. The van der Waals surface area contributed by atoms with Gasteiger partial charge in [-0.2, -0.15) is 8.61 Å². The fourth-order valence-corrected chi connectivity index (χ4v) is 9.60. The summed E-state index contributed by atoms with van der Waals surface area (Å²) in [6.45, 7) is 2.93. The van der Waals surface area contributed by atoms with Gasteiger partial charge < -0.3 is 15.0 Å². The molecule has 2 amide bonds. The number of rotatable bonds is 10. The highest BCUT2D eigenvalue weighted by atomic mass is 32.2. The molecule has 2 aromatic carbocycles. The highest BCUT2D eigenvalue weighted by molar-refractivity contribution is 7.89. The quantitative estimate of drug-likeness (QED) is 0.207. The Labute approximate surface area is 324 Å². The lowest BCUT2D eigenvalue weighted by Gasteiger charge is -2.25. The molecule has 0 spiro atoms. The Bertz CT molecular complexity index is 2350. The van der Waals surface area contributed by atoms with Gasteiger partial charge in [-0.25, -0.2) is 26.3 Å². The molecule has 16 nitrogen and oxygen atoms in total. The van der Waals surface area contributed by atoms with Gasteiger partial charge in [-0.15, -0.1) is 5.10 Å². The van der Waals surface area contributed by atoms with Crippen molar-refractivity contribution in [2.24, 2.45) is 0 Å². The van der Waals surface area contributed by atoms with E-state index in [9.17, 15) is 26.4 Å². The van der Waals surface area contributed by atoms with Crippen LogP contribution in [-0.4, -0.2) is 92.9 Å². The number of carbonyl (C=O) groups excluding carboxylic acids is 2. The summed E-state index contributed by atoms with van der Waals surface area (Å²) < 4.78 is 57.1. The molecule has 2 N–H and O–H groups in total. The van der Waals surface area contributed by atoms with Crippen molar-refractivity contribution in [3.63, 3.8) is 0 Å². The summed E-state index contributed by atoms with van der Waals surface area (Å²) in [6, 6.07) is 20.1. The maximum absolute atomic E-state index is 12.7. The number of nitrogens with one attached hydrogen (secondary N) is 2. The molecule has 292 valence electrons. The minimum atomic E-state index is -3.44. The van der Waals surface area contributed by atoms with E-state index in [1.165, 1.54) is 4.52 Å². The zero-order chi connectivity index (χ0) is 39.1. The first kappa shape index (κ1) is 38.7. The minimum Gasteiger partial charge on any atom is -0.348 e. The number of aromatic nitrogens is 6. The largest absolute Gasteiger partial charge is 0.348 e. The van der Waals surface area contributed by atoms with E-state index < -0.39 is 20.0 Å². The molecule has 0 unspecified atom stereocenters. The Morgan fingerprint density at radius 3 is 1.59 bits per heavy atom. The molecule has 6 aromatic rings. The van der Waals surface area contributed by atoms with Crippen molar-refractivity contribution < 1.29 is 26.4 Å². The zero-order valence-corrected chi connectivity index (χ0v) is 32.2. The highest BCUT2D eigenvalue weighted by Gasteiger charge is 2.27. The third kappa shape index (κ3) is 8.94. The lowest BCUT2D eigenvalue weighted by atomic mass is 10.2. The van der Waals surface area contributed by atoms with E-state index in [4.69, 9.17) is 0 Å². The second-order valence-electron chi connectivity index (χ2n) is 13.6. The molecule has 4 aromatic heterocycles. The van der Waals surface area contributed by atoms with Gasteiger partial charge in [0.25, 0.3) is 11.8 Å². The van der Waals surface area contributed by atoms with Crippen LogP contribution in [0.1, 0.15) is 70.4 Å². The molecule has 2 aliphatic heterocycles. The summed E-state index contributed by atoms with van der Waals surface area (Å²) in [5, 5.41) is 16.8. The summed E-state index contributed by atoms with van der Waals surface area (Å²) >= 11 is 0. The molecule has 0 bridgehead atoms. The molecule has 0 radical (unpaired) electrons. The van der Waals surface area contributed by atoms with Crippen LogP contribution in [0.2, 0.25) is 0 Å². The standard InChI is InChI=1S/C20H22N4O3S.C18H20N6O3S/c25-20(17-8-12-23-13-9-21-19(23)14-17)22-15-16-4-6-18(7-5-16)28(26,27)24-10-2-1-3-11-24;25-18(15-8-11-24-17(12-15)20-21-22-24)19-13-14-4-6-16(7-5-14)28(26,27)23-9-2-1-3-10-23/h4-9,12-14H,1-3,10-11,15H2,(H,22,25);4-8,11-12H,1-3,9-10,13H2,(H,19,25). The Balaban J connectivity index is 0.000000172. The lowest BCUT2D eigenvalue weighted by Crippen LogP contribution is -2.35. The molecule has 0 saturated carbocycles. The molecule has 18 heteroatoms. The maximum Gasteiger partial charge on any atom is 0.251 e. The van der Waals surface area contributed by atoms with E-state index in [1.807, 2.05) is 10.6 Å². The van der Waals surface area contributed by atoms with Crippen LogP contribution in [0.4, 0.5) is 0 Å². The third-order valence-electron chi connectivity index (χ3n) is 9.78. The van der Waals surface area contributed by atoms with Crippen molar-refractivity contribution >= 4 is 43.2 Å². The van der Waals surface area contributed by atoms with E-state index in [1.54, 1.807) is 100.0 Å². The smallest absolute Gasteiger partial charge is 0.251 e. The number of tetrazole rings is 1. The van der Waals surface area contributed by atoms with Gasteiger partial charge in [-0.3, -0.25) is 9.59 Å². The Kier molecular flexibility index (Phi) is 11.8. The van der Waals surface area contributed by atoms with Crippen molar-refractivity contribution in [2.75, 3.05) is 26.2 Å². The van der Waals surface area contributed by atoms with E-state index in [-0.39, 0.29) is 16.7 Å². The first-order valence-electron chi connectivity index (χ1n) is 18.4. The molecule has 0 aliphatic carbocycles. The monoisotopic (exact) mass is 798 g/mol. The first-order valence-corrected chi connectivity index (χ1v) is 21.3. The van der Waals surface area contributed by atoms with Crippen LogP contribution in [0.5, 0.6) is 0 Å². The maximum atomic E-state index is 12.7. The predicted molar refractivity (Wildman–Crippen MR) is 206 cm³/mol. The third-order valence-corrected chi connectivity index (χ3v) is 13.6. The van der Waals surface area contributed by atoms with Gasteiger partial charge in [-0.05, 0) is 95.8 Å². The number of hydrogen-bond donors (Lipinski definition) is 2. The van der Waals surface area contributed by atoms with Crippen LogP contribution >= 0.6 is 0 Å². The summed E-state index contributed by atoms with van der Waals surface area (Å²) in [7, 11) is -6.88. The van der Waals surface area contributed by atoms with Crippen LogP contribution in [0.3, 0.4) is 0 Å². The number of nitrogens with zero attached hydrogens (tertiary/aromatic N) is 8. The number of fused-ring (bicyclic) bond motifs is 2. The number of sulfonamides is 2. The topological polar surface area (TPSA) is 193 Å². The molecule has 8 rings (SSSR count). The molecule has 0 atom stereocenters. The zero-order valence-electron chi connectivity index (χ0n) is 30.6. The van der Waals surface area contributed by atoms with Crippen LogP contribution < -0.4 is 10.6 Å². The first-order chi connectivity index (χ1) is 27.1. The van der Waals surface area contributed by atoms with Gasteiger partial charge in [0.05, 0.1) is 9.79 Å². The van der Waals surface area contributed by atoms with Crippen molar-refractivity contribution in [1.29, 1.82) is 0 Å². The Morgan fingerprint density at radius 2 is 1.07 bits per heavy atom. The highest BCUT2D eigenvalue weighted by Crippen LogP contribution is 2.22. The number of amides is 2. The van der Waals surface area contributed by atoms with Crippen molar-refractivity contribution in [3.05, 3.63) is 120 Å². The fraction of sp³-hybridized carbons (Fsp3) is 0.316. The second-order valence-corrected chi connectivity index (χ2v) is 17.5. The van der Waals surface area contributed by atoms with Gasteiger partial charge in [0.2, 0.25) is 20.0 Å². The van der Waals surface area contributed by atoms with Crippen molar-refractivity contribution in [2.45, 2.75) is 61.4 Å². The average molecular weight is 799 g/mol. The summed E-state index contributed by atoms with van der Waals surface area (Å²) in [4.78, 5) is 29.5. The fourth-order valence-electron chi connectivity index (χ4n) is 6.57. The van der Waals surface area contributed by atoms with Crippen LogP contribution in [0.15, 0.2) is 107 Å². The second kappa shape index (κ2) is 17.1. The SMILES string of the molecule is O=C(NCc1ccc(S(=O)(=O)N2CCCCC2)cc1)c1ccn2ccnc2c1.O=C(NCc1ccc(S(=O)(=O)N2CCCCC2)cc1)c1ccn2nnnc2c1. The van der Waals surface area contributed by atoms with Crippen LogP contribution in [-0.2, 0) is 33.1 Å². The summed E-state index contributed by atoms with van der Waals surface area (Å²) in [5.74, 6) is -0.453. The van der Waals surface area contributed by atoms with Crippen molar-refractivity contribution in [1.82, 2.24) is 48.7 Å². The van der Waals surface area contributed by atoms with E-state index >= 15 is 0 Å². The number of imidazole rings is 1. The van der Waals surface area contributed by atoms with Gasteiger partial charge in [0, 0.05) is 75.2 Å². The van der Waals surface area contributed by atoms with E-state index in [0.29, 0.717) is 66.6 Å². The van der Waals surface area contributed by atoms with Gasteiger partial charge in [0.15, 0.2) is 5.65 Å². The van der Waals surface area contributed by atoms with Crippen LogP contribution in [0.25, 0.3) is 11.3 Å². The van der Waals surface area contributed by atoms with E-state index in [0.717, 1.165) is 49.7 Å². The molecular weight excluding hydrogens is 757 g/mol. The number of pyridine rings is 2. The number of benzene rings is 2. The molecule has 2 fully saturated rings. The molecule has 2 aliphatic rings. The molecule has 2 saturated heterocycles. The lowest BCUT2D eigenvalue weighted by molar-refractivity contribution is 0.0943. The normalized spacial score (nSPS) is 15.6. The molecule has 56 heavy (non-hydrogen) atoms. The van der Waals surface area contributed by atoms with Crippen molar-refractivity contribution in [3.8, 4) is 0 Å². The number of carbonyl (C=O) groups is 2.